The van der Waals surface area contributed by atoms with Crippen LogP contribution >= 0.6 is 11.6 Å². The minimum absolute atomic E-state index is 0.0794. The number of benzene rings is 2. The molecule has 132 valence electrons. The highest BCUT2D eigenvalue weighted by Crippen LogP contribution is 2.21. The lowest BCUT2D eigenvalue weighted by Crippen LogP contribution is -2.28. The first kappa shape index (κ1) is 18.9. The summed E-state index contributed by atoms with van der Waals surface area (Å²) in [6, 6.07) is 12.7. The molecule has 1 amide bonds. The molecule has 0 saturated carbocycles. The van der Waals surface area contributed by atoms with E-state index in [4.69, 9.17) is 21.5 Å². The molecular formula is C16H15ClN2O5S. The largest absolute Gasteiger partial charge is 0.452 e. The van der Waals surface area contributed by atoms with E-state index in [1.54, 1.807) is 0 Å². The molecule has 2 rings (SSSR count). The molecule has 0 saturated heterocycles. The van der Waals surface area contributed by atoms with Crippen LogP contribution in [0.5, 0.6) is 0 Å². The zero-order chi connectivity index (χ0) is 18.4. The van der Waals surface area contributed by atoms with Crippen LogP contribution in [0.15, 0.2) is 53.4 Å². The zero-order valence-corrected chi connectivity index (χ0v) is 14.5. The number of sulfonamides is 1. The van der Waals surface area contributed by atoms with Crippen molar-refractivity contribution >= 4 is 33.5 Å². The van der Waals surface area contributed by atoms with Crippen LogP contribution in [-0.4, -0.2) is 26.9 Å². The van der Waals surface area contributed by atoms with Gasteiger partial charge in [-0.2, -0.15) is 0 Å². The van der Waals surface area contributed by atoms with Gasteiger partial charge in [-0.05, 0) is 23.8 Å². The number of hydrogen-bond donors (Lipinski definition) is 2. The molecule has 0 heterocycles. The smallest absolute Gasteiger partial charge is 0.338 e. The van der Waals surface area contributed by atoms with E-state index in [2.05, 4.69) is 5.32 Å². The standard InChI is InChI=1S/C16H15ClN2O5S/c17-13-7-6-12(8-14(13)25(18,22)23)16(21)24-10-15(20)19-9-11-4-2-1-3-5-11/h1-8H,9-10H2,(H,19,20)(H2,18,22,23). The number of ether oxygens (including phenoxy) is 1. The molecule has 7 nitrogen and oxygen atoms in total. The average molecular weight is 383 g/mol. The van der Waals surface area contributed by atoms with Gasteiger partial charge in [0.05, 0.1) is 10.6 Å². The van der Waals surface area contributed by atoms with Crippen LogP contribution in [0.3, 0.4) is 0 Å². The van der Waals surface area contributed by atoms with E-state index in [9.17, 15) is 18.0 Å². The number of nitrogens with two attached hydrogens (primary N) is 1. The average Bonchev–Trinajstić information content (AvgIpc) is 2.58. The Bertz CT molecular complexity index is 885. The number of rotatable bonds is 6. The van der Waals surface area contributed by atoms with Crippen LogP contribution < -0.4 is 10.5 Å². The fraction of sp³-hybridized carbons (Fsp3) is 0.125. The number of carbonyl (C=O) groups is 2. The topological polar surface area (TPSA) is 116 Å². The molecule has 0 aliphatic rings. The first-order valence-corrected chi connectivity index (χ1v) is 9.00. The van der Waals surface area contributed by atoms with Crippen LogP contribution in [0.1, 0.15) is 15.9 Å². The van der Waals surface area contributed by atoms with Gasteiger partial charge in [-0.3, -0.25) is 4.79 Å². The van der Waals surface area contributed by atoms with Crippen molar-refractivity contribution in [2.45, 2.75) is 11.4 Å². The Morgan fingerprint density at radius 2 is 1.80 bits per heavy atom. The number of amides is 1. The van der Waals surface area contributed by atoms with Crippen molar-refractivity contribution in [3.63, 3.8) is 0 Å². The molecule has 0 fully saturated rings. The second-order valence-electron chi connectivity index (χ2n) is 5.03. The van der Waals surface area contributed by atoms with Crippen LogP contribution in [0, 0.1) is 0 Å². The number of carbonyl (C=O) groups excluding carboxylic acids is 2. The Labute approximate surface area is 149 Å². The highest BCUT2D eigenvalue weighted by atomic mass is 35.5. The number of halogens is 1. The molecule has 0 aliphatic carbocycles. The first-order chi connectivity index (χ1) is 11.8. The summed E-state index contributed by atoms with van der Waals surface area (Å²) in [6.45, 7) is -0.202. The predicted molar refractivity (Wildman–Crippen MR) is 91.4 cm³/mol. The Hall–Kier alpha value is -2.42. The quantitative estimate of drug-likeness (QED) is 0.734. The summed E-state index contributed by atoms with van der Waals surface area (Å²) in [7, 11) is -4.08. The second kappa shape index (κ2) is 8.11. The van der Waals surface area contributed by atoms with Gasteiger partial charge in [0.1, 0.15) is 4.90 Å². The van der Waals surface area contributed by atoms with Crippen molar-refractivity contribution < 1.29 is 22.7 Å². The third kappa shape index (κ3) is 5.56. The van der Waals surface area contributed by atoms with Gasteiger partial charge in [0.2, 0.25) is 10.0 Å². The molecule has 2 aromatic rings. The van der Waals surface area contributed by atoms with Crippen molar-refractivity contribution in [3.05, 3.63) is 64.7 Å². The Kier molecular flexibility index (Phi) is 6.13. The SMILES string of the molecule is NS(=O)(=O)c1cc(C(=O)OCC(=O)NCc2ccccc2)ccc1Cl. The van der Waals surface area contributed by atoms with E-state index in [0.717, 1.165) is 11.6 Å². The molecule has 25 heavy (non-hydrogen) atoms. The predicted octanol–water partition coefficient (Wildman–Crippen LogP) is 1.46. The summed E-state index contributed by atoms with van der Waals surface area (Å²) in [5, 5.41) is 7.50. The third-order valence-electron chi connectivity index (χ3n) is 3.14. The minimum Gasteiger partial charge on any atom is -0.452 e. The molecule has 0 aliphatic heterocycles. The van der Waals surface area contributed by atoms with Gasteiger partial charge < -0.3 is 10.1 Å². The van der Waals surface area contributed by atoms with Gasteiger partial charge in [-0.25, -0.2) is 18.4 Å². The highest BCUT2D eigenvalue weighted by molar-refractivity contribution is 7.89. The maximum absolute atomic E-state index is 11.9. The maximum atomic E-state index is 11.9. The van der Waals surface area contributed by atoms with Gasteiger partial charge in [-0.15, -0.1) is 0 Å². The van der Waals surface area contributed by atoms with Crippen molar-refractivity contribution in [2.75, 3.05) is 6.61 Å². The summed E-state index contributed by atoms with van der Waals surface area (Å²) in [5.74, 6) is -1.35. The van der Waals surface area contributed by atoms with Crippen molar-refractivity contribution in [3.8, 4) is 0 Å². The normalized spacial score (nSPS) is 11.0. The molecule has 0 unspecified atom stereocenters. The van der Waals surface area contributed by atoms with E-state index in [0.29, 0.717) is 6.54 Å². The number of esters is 1. The van der Waals surface area contributed by atoms with Crippen LogP contribution in [0.2, 0.25) is 5.02 Å². The number of hydrogen-bond acceptors (Lipinski definition) is 5. The molecular weight excluding hydrogens is 368 g/mol. The molecule has 0 radical (unpaired) electrons. The van der Waals surface area contributed by atoms with Gasteiger partial charge in [0.15, 0.2) is 6.61 Å². The highest BCUT2D eigenvalue weighted by Gasteiger charge is 2.17. The summed E-state index contributed by atoms with van der Waals surface area (Å²) in [4.78, 5) is 23.2. The van der Waals surface area contributed by atoms with Crippen LogP contribution in [-0.2, 0) is 26.1 Å². The van der Waals surface area contributed by atoms with Gasteiger partial charge in [0.25, 0.3) is 5.91 Å². The van der Waals surface area contributed by atoms with Crippen LogP contribution in [0.25, 0.3) is 0 Å². The molecule has 0 aromatic heterocycles. The molecule has 0 atom stereocenters. The molecule has 0 bridgehead atoms. The van der Waals surface area contributed by atoms with Gasteiger partial charge in [0, 0.05) is 6.54 Å². The lowest BCUT2D eigenvalue weighted by atomic mass is 10.2. The van der Waals surface area contributed by atoms with Gasteiger partial charge in [-0.1, -0.05) is 41.9 Å². The molecule has 0 spiro atoms. The fourth-order valence-corrected chi connectivity index (χ4v) is 2.98. The molecule has 3 N–H and O–H groups in total. The van der Waals surface area contributed by atoms with Crippen LogP contribution in [0.4, 0.5) is 0 Å². The van der Waals surface area contributed by atoms with E-state index >= 15 is 0 Å². The lowest BCUT2D eigenvalue weighted by molar-refractivity contribution is -0.124. The van der Waals surface area contributed by atoms with Crippen molar-refractivity contribution in [2.24, 2.45) is 5.14 Å². The summed E-state index contributed by atoms with van der Waals surface area (Å²) in [5.41, 5.74) is 0.821. The maximum Gasteiger partial charge on any atom is 0.338 e. The molecule has 9 heteroatoms. The Morgan fingerprint density at radius 1 is 1.12 bits per heavy atom. The number of nitrogens with one attached hydrogen (secondary N) is 1. The zero-order valence-electron chi connectivity index (χ0n) is 12.9. The monoisotopic (exact) mass is 382 g/mol. The van der Waals surface area contributed by atoms with E-state index < -0.39 is 33.4 Å². The molecule has 2 aromatic carbocycles. The lowest BCUT2D eigenvalue weighted by Gasteiger charge is -2.08. The summed E-state index contributed by atoms with van der Waals surface area (Å²) < 4.78 is 27.6. The van der Waals surface area contributed by atoms with Crippen molar-refractivity contribution in [1.29, 1.82) is 0 Å². The van der Waals surface area contributed by atoms with Crippen molar-refractivity contribution in [1.82, 2.24) is 5.32 Å². The first-order valence-electron chi connectivity index (χ1n) is 7.07. The number of primary sulfonamides is 1. The summed E-state index contributed by atoms with van der Waals surface area (Å²) in [6.07, 6.45) is 0. The van der Waals surface area contributed by atoms with E-state index in [-0.39, 0.29) is 10.6 Å². The van der Waals surface area contributed by atoms with Gasteiger partial charge >= 0.3 is 5.97 Å². The van der Waals surface area contributed by atoms with E-state index in [1.165, 1.54) is 12.1 Å². The third-order valence-corrected chi connectivity index (χ3v) is 4.53. The Morgan fingerprint density at radius 3 is 2.44 bits per heavy atom. The fourth-order valence-electron chi connectivity index (χ4n) is 1.91. The minimum atomic E-state index is -4.08. The second-order valence-corrected chi connectivity index (χ2v) is 6.97. The van der Waals surface area contributed by atoms with E-state index in [1.807, 2.05) is 30.3 Å². The Balaban J connectivity index is 1.93. The summed E-state index contributed by atoms with van der Waals surface area (Å²) >= 11 is 5.74.